The van der Waals surface area contributed by atoms with Crippen molar-refractivity contribution in [3.63, 3.8) is 0 Å². The van der Waals surface area contributed by atoms with Crippen molar-refractivity contribution in [3.8, 4) is 11.4 Å². The fraction of sp³-hybridized carbons (Fsp3) is 0.167. The van der Waals surface area contributed by atoms with Gasteiger partial charge in [-0.3, -0.25) is 0 Å². The summed E-state index contributed by atoms with van der Waals surface area (Å²) in [5.41, 5.74) is 0.787. The van der Waals surface area contributed by atoms with E-state index in [0.29, 0.717) is 6.61 Å². The smallest absolute Gasteiger partial charge is 0.356 e. The number of ether oxygens (including phenoxy) is 1. The van der Waals surface area contributed by atoms with E-state index < -0.39 is 5.97 Å². The van der Waals surface area contributed by atoms with Gasteiger partial charge in [-0.2, -0.15) is 5.10 Å². The SMILES string of the molecule is CCOc1cccc(-n2ccc(C(=O)O)n2)c1. The Kier molecular flexibility index (Phi) is 3.09. The molecule has 1 aromatic carbocycles. The second kappa shape index (κ2) is 4.69. The average Bonchev–Trinajstić information content (AvgIpc) is 2.79. The van der Waals surface area contributed by atoms with Crippen molar-refractivity contribution < 1.29 is 14.6 Å². The molecule has 0 aliphatic carbocycles. The molecule has 0 aliphatic heterocycles. The maximum Gasteiger partial charge on any atom is 0.356 e. The second-order valence-electron chi connectivity index (χ2n) is 3.38. The third kappa shape index (κ3) is 2.44. The van der Waals surface area contributed by atoms with E-state index in [1.54, 1.807) is 6.20 Å². The Hall–Kier alpha value is -2.30. The normalized spacial score (nSPS) is 10.2. The number of nitrogens with zero attached hydrogens (tertiary/aromatic N) is 2. The van der Waals surface area contributed by atoms with Crippen LogP contribution in [0.5, 0.6) is 5.75 Å². The predicted octanol–water partition coefficient (Wildman–Crippen LogP) is 1.97. The molecule has 5 heteroatoms. The van der Waals surface area contributed by atoms with E-state index >= 15 is 0 Å². The molecule has 0 spiro atoms. The Morgan fingerprint density at radius 1 is 1.47 bits per heavy atom. The van der Waals surface area contributed by atoms with E-state index in [9.17, 15) is 4.79 Å². The zero-order chi connectivity index (χ0) is 12.3. The molecule has 88 valence electrons. The summed E-state index contributed by atoms with van der Waals surface area (Å²) in [4.78, 5) is 10.7. The zero-order valence-electron chi connectivity index (χ0n) is 9.33. The molecule has 0 saturated heterocycles. The molecule has 1 aromatic heterocycles. The minimum Gasteiger partial charge on any atom is -0.494 e. The molecule has 0 radical (unpaired) electrons. The van der Waals surface area contributed by atoms with Crippen molar-refractivity contribution >= 4 is 5.97 Å². The van der Waals surface area contributed by atoms with Crippen molar-refractivity contribution in [1.82, 2.24) is 9.78 Å². The van der Waals surface area contributed by atoms with Crippen LogP contribution in [0.25, 0.3) is 5.69 Å². The van der Waals surface area contributed by atoms with Gasteiger partial charge in [0.05, 0.1) is 12.3 Å². The highest BCUT2D eigenvalue weighted by Gasteiger charge is 2.07. The van der Waals surface area contributed by atoms with E-state index in [-0.39, 0.29) is 5.69 Å². The lowest BCUT2D eigenvalue weighted by Gasteiger charge is -2.05. The van der Waals surface area contributed by atoms with Gasteiger partial charge in [-0.25, -0.2) is 9.48 Å². The van der Waals surface area contributed by atoms with Crippen LogP contribution in [0.4, 0.5) is 0 Å². The molecule has 0 unspecified atom stereocenters. The minimum absolute atomic E-state index is 0.0202. The van der Waals surface area contributed by atoms with Crippen LogP contribution in [-0.4, -0.2) is 27.5 Å². The fourth-order valence-corrected chi connectivity index (χ4v) is 1.46. The van der Waals surface area contributed by atoms with Gasteiger partial charge in [0.1, 0.15) is 5.75 Å². The third-order valence-electron chi connectivity index (χ3n) is 2.20. The van der Waals surface area contributed by atoms with Gasteiger partial charge < -0.3 is 9.84 Å². The summed E-state index contributed by atoms with van der Waals surface area (Å²) in [6.07, 6.45) is 1.61. The molecule has 2 aromatic rings. The van der Waals surface area contributed by atoms with Gasteiger partial charge in [0.15, 0.2) is 5.69 Å². The van der Waals surface area contributed by atoms with Crippen molar-refractivity contribution in [2.75, 3.05) is 6.61 Å². The Morgan fingerprint density at radius 2 is 2.29 bits per heavy atom. The summed E-state index contributed by atoms with van der Waals surface area (Å²) in [6.45, 7) is 2.49. The Bertz CT molecular complexity index is 534. The Balaban J connectivity index is 2.31. The average molecular weight is 232 g/mol. The van der Waals surface area contributed by atoms with E-state index in [2.05, 4.69) is 5.10 Å². The van der Waals surface area contributed by atoms with Crippen LogP contribution < -0.4 is 4.74 Å². The number of carbonyl (C=O) groups is 1. The molecule has 17 heavy (non-hydrogen) atoms. The van der Waals surface area contributed by atoms with Crippen LogP contribution in [0.1, 0.15) is 17.4 Å². The number of aromatic carboxylic acids is 1. The van der Waals surface area contributed by atoms with Crippen molar-refractivity contribution in [3.05, 3.63) is 42.2 Å². The highest BCUT2D eigenvalue weighted by molar-refractivity contribution is 5.85. The third-order valence-corrected chi connectivity index (χ3v) is 2.20. The predicted molar refractivity (Wildman–Crippen MR) is 61.7 cm³/mol. The van der Waals surface area contributed by atoms with Crippen LogP contribution >= 0.6 is 0 Å². The van der Waals surface area contributed by atoms with E-state index in [1.165, 1.54) is 10.7 Å². The second-order valence-corrected chi connectivity index (χ2v) is 3.38. The number of hydrogen-bond acceptors (Lipinski definition) is 3. The van der Waals surface area contributed by atoms with Crippen molar-refractivity contribution in [1.29, 1.82) is 0 Å². The topological polar surface area (TPSA) is 64.3 Å². The fourth-order valence-electron chi connectivity index (χ4n) is 1.46. The van der Waals surface area contributed by atoms with Gasteiger partial charge >= 0.3 is 5.97 Å². The lowest BCUT2D eigenvalue weighted by atomic mass is 10.3. The zero-order valence-corrected chi connectivity index (χ0v) is 9.33. The van der Waals surface area contributed by atoms with Crippen molar-refractivity contribution in [2.24, 2.45) is 0 Å². The highest BCUT2D eigenvalue weighted by Crippen LogP contribution is 2.16. The van der Waals surface area contributed by atoms with Crippen LogP contribution in [0.15, 0.2) is 36.5 Å². The van der Waals surface area contributed by atoms with Gasteiger partial charge in [-0.1, -0.05) is 6.07 Å². The van der Waals surface area contributed by atoms with Gasteiger partial charge in [-0.15, -0.1) is 0 Å². The summed E-state index contributed by atoms with van der Waals surface area (Å²) in [5, 5.41) is 12.7. The minimum atomic E-state index is -1.04. The number of aromatic nitrogens is 2. The lowest BCUT2D eigenvalue weighted by Crippen LogP contribution is -2.01. The maximum absolute atomic E-state index is 10.7. The van der Waals surface area contributed by atoms with Crippen molar-refractivity contribution in [2.45, 2.75) is 6.92 Å². The summed E-state index contributed by atoms with van der Waals surface area (Å²) >= 11 is 0. The molecular weight excluding hydrogens is 220 g/mol. The van der Waals surface area contributed by atoms with E-state index in [4.69, 9.17) is 9.84 Å². The molecule has 0 bridgehead atoms. The molecule has 0 saturated carbocycles. The number of carboxylic acids is 1. The molecule has 5 nitrogen and oxygen atoms in total. The Labute approximate surface area is 98.3 Å². The first-order chi connectivity index (χ1) is 8.20. The van der Waals surface area contributed by atoms with E-state index in [0.717, 1.165) is 11.4 Å². The standard InChI is InChI=1S/C12H12N2O3/c1-2-17-10-5-3-4-9(8-10)14-7-6-11(13-14)12(15)16/h3-8H,2H2,1H3,(H,15,16). The monoisotopic (exact) mass is 232 g/mol. The van der Waals surface area contributed by atoms with Crippen LogP contribution in [-0.2, 0) is 0 Å². The molecule has 0 atom stereocenters. The summed E-state index contributed by atoms with van der Waals surface area (Å²) in [5.74, 6) is -0.304. The Morgan fingerprint density at radius 3 is 2.94 bits per heavy atom. The van der Waals surface area contributed by atoms with Crippen LogP contribution in [0.2, 0.25) is 0 Å². The molecule has 1 N–H and O–H groups in total. The largest absolute Gasteiger partial charge is 0.494 e. The van der Waals surface area contributed by atoms with Crippen LogP contribution in [0.3, 0.4) is 0 Å². The molecule has 0 fully saturated rings. The first kappa shape index (κ1) is 11.2. The maximum atomic E-state index is 10.7. The van der Waals surface area contributed by atoms with E-state index in [1.807, 2.05) is 31.2 Å². The molecule has 2 rings (SSSR count). The molecule has 1 heterocycles. The first-order valence-corrected chi connectivity index (χ1v) is 5.23. The summed E-state index contributed by atoms with van der Waals surface area (Å²) in [6, 6.07) is 8.77. The molecule has 0 aliphatic rings. The van der Waals surface area contributed by atoms with Gasteiger partial charge in [0.2, 0.25) is 0 Å². The van der Waals surface area contributed by atoms with Gasteiger partial charge in [0, 0.05) is 12.3 Å². The first-order valence-electron chi connectivity index (χ1n) is 5.23. The number of rotatable bonds is 4. The van der Waals surface area contributed by atoms with Crippen LogP contribution in [0, 0.1) is 0 Å². The molecule has 0 amide bonds. The van der Waals surface area contributed by atoms with Gasteiger partial charge in [0.25, 0.3) is 0 Å². The summed E-state index contributed by atoms with van der Waals surface area (Å²) < 4.78 is 6.87. The highest BCUT2D eigenvalue weighted by atomic mass is 16.5. The summed E-state index contributed by atoms with van der Waals surface area (Å²) in [7, 11) is 0. The lowest BCUT2D eigenvalue weighted by molar-refractivity contribution is 0.0690. The molecular formula is C12H12N2O3. The number of carboxylic acid groups (broad SMARTS) is 1. The number of hydrogen-bond donors (Lipinski definition) is 1. The quantitative estimate of drug-likeness (QED) is 0.875. The number of benzene rings is 1. The van der Waals surface area contributed by atoms with Gasteiger partial charge in [-0.05, 0) is 25.1 Å².